The van der Waals surface area contributed by atoms with E-state index in [9.17, 15) is 19.5 Å². The van der Waals surface area contributed by atoms with Crippen LogP contribution in [0.2, 0.25) is 0 Å². The normalized spacial score (nSPS) is 22.5. The van der Waals surface area contributed by atoms with Gasteiger partial charge in [-0.25, -0.2) is 4.79 Å². The van der Waals surface area contributed by atoms with Crippen molar-refractivity contribution in [2.75, 3.05) is 29.3 Å². The van der Waals surface area contributed by atoms with Crippen molar-refractivity contribution in [3.05, 3.63) is 0 Å². The SMILES string of the molecule is O=C(N[C@H](CO)C(=O)OCI)C1CSCCN1C(=O)CC1CCCC1. The second-order valence-electron chi connectivity index (χ2n) is 6.35. The number of aliphatic hydroxyl groups excluding tert-OH is 1. The fourth-order valence-corrected chi connectivity index (χ4v) is 4.65. The van der Waals surface area contributed by atoms with Crippen molar-refractivity contribution in [2.24, 2.45) is 5.92 Å². The number of alkyl halides is 1. The Labute approximate surface area is 165 Å². The van der Waals surface area contributed by atoms with Crippen molar-refractivity contribution in [1.82, 2.24) is 10.2 Å². The quantitative estimate of drug-likeness (QED) is 0.317. The summed E-state index contributed by atoms with van der Waals surface area (Å²) in [6.45, 7) is 0.00733. The lowest BCUT2D eigenvalue weighted by Gasteiger charge is -2.35. The first-order valence-corrected chi connectivity index (χ1v) is 11.3. The van der Waals surface area contributed by atoms with Crippen LogP contribution in [-0.4, -0.2) is 69.1 Å². The highest BCUT2D eigenvalue weighted by atomic mass is 127. The summed E-state index contributed by atoms with van der Waals surface area (Å²) in [5.41, 5.74) is 0. The van der Waals surface area contributed by atoms with E-state index in [0.29, 0.717) is 24.6 Å². The number of thioether (sulfide) groups is 1. The van der Waals surface area contributed by atoms with Crippen molar-refractivity contribution in [3.8, 4) is 0 Å². The van der Waals surface area contributed by atoms with E-state index >= 15 is 0 Å². The van der Waals surface area contributed by atoms with E-state index < -0.39 is 30.6 Å². The summed E-state index contributed by atoms with van der Waals surface area (Å²) in [6.07, 6.45) is 5.01. The summed E-state index contributed by atoms with van der Waals surface area (Å²) in [7, 11) is 0. The summed E-state index contributed by atoms with van der Waals surface area (Å²) in [4.78, 5) is 38.6. The molecule has 142 valence electrons. The van der Waals surface area contributed by atoms with Gasteiger partial charge in [0.15, 0.2) is 6.04 Å². The van der Waals surface area contributed by atoms with E-state index in [1.54, 1.807) is 16.7 Å². The number of hydrogen-bond acceptors (Lipinski definition) is 6. The molecular weight excluding hydrogens is 459 g/mol. The lowest BCUT2D eigenvalue weighted by atomic mass is 10.0. The Hall–Kier alpha value is -0.550. The number of carbonyl (C=O) groups is 3. The summed E-state index contributed by atoms with van der Waals surface area (Å²) < 4.78 is 4.98. The van der Waals surface area contributed by atoms with E-state index in [4.69, 9.17) is 4.74 Å². The second-order valence-corrected chi connectivity index (χ2v) is 8.12. The number of ether oxygens (including phenoxy) is 1. The first-order chi connectivity index (χ1) is 12.1. The maximum Gasteiger partial charge on any atom is 0.331 e. The van der Waals surface area contributed by atoms with Crippen LogP contribution in [0.25, 0.3) is 0 Å². The van der Waals surface area contributed by atoms with E-state index in [1.165, 1.54) is 12.8 Å². The van der Waals surface area contributed by atoms with Crippen LogP contribution in [0.1, 0.15) is 32.1 Å². The molecule has 1 saturated heterocycles. The number of nitrogens with zero attached hydrogens (tertiary/aromatic N) is 1. The minimum absolute atomic E-state index is 0.0164. The molecule has 2 N–H and O–H groups in total. The molecule has 25 heavy (non-hydrogen) atoms. The molecule has 0 aromatic carbocycles. The molecule has 1 aliphatic carbocycles. The van der Waals surface area contributed by atoms with Crippen LogP contribution >= 0.6 is 34.4 Å². The van der Waals surface area contributed by atoms with Gasteiger partial charge in [0.1, 0.15) is 10.7 Å². The molecule has 0 aromatic rings. The molecule has 1 saturated carbocycles. The fourth-order valence-electron chi connectivity index (χ4n) is 3.30. The maximum absolute atomic E-state index is 12.7. The Morgan fingerprint density at radius 3 is 2.68 bits per heavy atom. The van der Waals surface area contributed by atoms with Gasteiger partial charge in [-0.3, -0.25) is 9.59 Å². The van der Waals surface area contributed by atoms with Crippen molar-refractivity contribution >= 4 is 52.1 Å². The number of amides is 2. The zero-order valence-electron chi connectivity index (χ0n) is 14.1. The van der Waals surface area contributed by atoms with Gasteiger partial charge in [-0.2, -0.15) is 11.8 Å². The molecule has 2 amide bonds. The van der Waals surface area contributed by atoms with Crippen LogP contribution in [0.15, 0.2) is 0 Å². The standard InChI is InChI=1S/C16H25IN2O5S/c17-10-24-16(23)12(8-20)18-15(22)13-9-25-6-5-19(13)14(21)7-11-3-1-2-4-11/h11-13,20H,1-10H2,(H,18,22)/t12-,13?/m1/s1. The van der Waals surface area contributed by atoms with Gasteiger partial charge in [0.05, 0.1) is 6.61 Å². The van der Waals surface area contributed by atoms with Crippen molar-refractivity contribution < 1.29 is 24.2 Å². The molecule has 7 nitrogen and oxygen atoms in total. The Kier molecular flexibility index (Phi) is 8.77. The zero-order valence-corrected chi connectivity index (χ0v) is 17.1. The highest BCUT2D eigenvalue weighted by molar-refractivity contribution is 14.1. The molecule has 1 aliphatic heterocycles. The van der Waals surface area contributed by atoms with Gasteiger partial charge in [0.25, 0.3) is 0 Å². The van der Waals surface area contributed by atoms with Gasteiger partial charge in [-0.1, -0.05) is 12.8 Å². The maximum atomic E-state index is 12.7. The minimum atomic E-state index is -1.10. The third-order valence-corrected chi connectivity index (χ3v) is 6.00. The Morgan fingerprint density at radius 1 is 1.32 bits per heavy atom. The predicted molar refractivity (Wildman–Crippen MR) is 103 cm³/mol. The number of carbonyl (C=O) groups excluding carboxylic acids is 3. The molecule has 2 rings (SSSR count). The lowest BCUT2D eigenvalue weighted by molar-refractivity contribution is -0.148. The van der Waals surface area contributed by atoms with Crippen LogP contribution in [0.5, 0.6) is 0 Å². The van der Waals surface area contributed by atoms with Crippen LogP contribution in [-0.2, 0) is 19.1 Å². The van der Waals surface area contributed by atoms with E-state index in [1.807, 2.05) is 22.6 Å². The van der Waals surface area contributed by atoms with Crippen LogP contribution < -0.4 is 5.32 Å². The lowest BCUT2D eigenvalue weighted by Crippen LogP contribution is -2.57. The molecule has 0 radical (unpaired) electrons. The summed E-state index contributed by atoms with van der Waals surface area (Å²) in [5.74, 6) is 0.675. The first kappa shape index (κ1) is 20.8. The molecule has 2 atom stereocenters. The molecular formula is C16H25IN2O5S. The Bertz CT molecular complexity index is 487. The summed E-state index contributed by atoms with van der Waals surface area (Å²) >= 11 is 3.48. The fraction of sp³-hybridized carbons (Fsp3) is 0.812. The van der Waals surface area contributed by atoms with Gasteiger partial charge in [0, 0.05) is 24.5 Å². The van der Waals surface area contributed by atoms with Crippen LogP contribution in [0, 0.1) is 5.92 Å². The molecule has 2 fully saturated rings. The third-order valence-electron chi connectivity index (χ3n) is 4.67. The van der Waals surface area contributed by atoms with Crippen LogP contribution in [0.4, 0.5) is 0 Å². The molecule has 2 aliphatic rings. The predicted octanol–water partition coefficient (Wildman–Crippen LogP) is 0.923. The topological polar surface area (TPSA) is 95.9 Å². The molecule has 1 heterocycles. The van der Waals surface area contributed by atoms with E-state index in [0.717, 1.165) is 18.6 Å². The molecule has 0 aromatic heterocycles. The van der Waals surface area contributed by atoms with E-state index in [-0.39, 0.29) is 10.5 Å². The highest BCUT2D eigenvalue weighted by Gasteiger charge is 2.35. The number of esters is 1. The number of nitrogens with one attached hydrogen (secondary N) is 1. The zero-order chi connectivity index (χ0) is 18.2. The highest BCUT2D eigenvalue weighted by Crippen LogP contribution is 2.29. The Morgan fingerprint density at radius 2 is 2.04 bits per heavy atom. The first-order valence-electron chi connectivity index (χ1n) is 8.57. The smallest absolute Gasteiger partial charge is 0.331 e. The summed E-state index contributed by atoms with van der Waals surface area (Å²) in [5, 5.41) is 11.9. The van der Waals surface area contributed by atoms with Crippen molar-refractivity contribution in [2.45, 2.75) is 44.2 Å². The van der Waals surface area contributed by atoms with Crippen molar-refractivity contribution in [1.29, 1.82) is 0 Å². The average molecular weight is 484 g/mol. The van der Waals surface area contributed by atoms with Gasteiger partial charge >= 0.3 is 5.97 Å². The van der Waals surface area contributed by atoms with Crippen molar-refractivity contribution in [3.63, 3.8) is 0 Å². The largest absolute Gasteiger partial charge is 0.453 e. The average Bonchev–Trinajstić information content (AvgIpc) is 3.12. The number of halogens is 1. The third kappa shape index (κ3) is 5.99. The minimum Gasteiger partial charge on any atom is -0.453 e. The molecule has 9 heteroatoms. The van der Waals surface area contributed by atoms with E-state index in [2.05, 4.69) is 5.32 Å². The van der Waals surface area contributed by atoms with Gasteiger partial charge in [-0.15, -0.1) is 0 Å². The molecule has 0 spiro atoms. The second kappa shape index (κ2) is 10.6. The van der Waals surface area contributed by atoms with Gasteiger partial charge in [0.2, 0.25) is 11.8 Å². The summed E-state index contributed by atoms with van der Waals surface area (Å²) in [6, 6.07) is -1.70. The number of hydrogen-bond donors (Lipinski definition) is 2. The monoisotopic (exact) mass is 484 g/mol. The number of aliphatic hydroxyl groups is 1. The van der Waals surface area contributed by atoms with Gasteiger partial charge in [-0.05, 0) is 41.4 Å². The van der Waals surface area contributed by atoms with Gasteiger partial charge < -0.3 is 20.1 Å². The van der Waals surface area contributed by atoms with Crippen LogP contribution in [0.3, 0.4) is 0 Å². The molecule has 1 unspecified atom stereocenters. The molecule has 0 bridgehead atoms. The Balaban J connectivity index is 1.96. The number of rotatable bonds is 7.